The normalized spacial score (nSPS) is 10.4. The van der Waals surface area contributed by atoms with Crippen molar-refractivity contribution in [1.29, 1.82) is 0 Å². The summed E-state index contributed by atoms with van der Waals surface area (Å²) in [7, 11) is 0. The Morgan fingerprint density at radius 2 is 1.88 bits per heavy atom. The van der Waals surface area contributed by atoms with E-state index in [0.717, 1.165) is 12.1 Å². The minimum atomic E-state index is -3.03. The van der Waals surface area contributed by atoms with E-state index in [1.807, 2.05) is 0 Å². The maximum atomic E-state index is 12.0. The number of halogens is 3. The fourth-order valence-corrected chi connectivity index (χ4v) is 1.36. The number of carbonyl (C=O) groups is 2. The molecule has 1 rings (SSSR count). The quantitative estimate of drug-likeness (QED) is 0.604. The molecule has 0 aliphatic carbocycles. The highest BCUT2D eigenvalue weighted by Gasteiger charge is 2.13. The Morgan fingerprint density at radius 1 is 1.29 bits per heavy atom. The molecule has 0 spiro atoms. The fraction of sp³-hybridized carbons (Fsp3) is 0.273. The van der Waals surface area contributed by atoms with E-state index in [9.17, 15) is 18.4 Å². The Morgan fingerprint density at radius 3 is 2.35 bits per heavy atom. The second kappa shape index (κ2) is 5.72. The van der Waals surface area contributed by atoms with Crippen LogP contribution >= 0.6 is 11.6 Å². The number of Topliss-reactive ketones (excluding diaryl/α,β-unsaturated/α-hetero) is 1. The highest BCUT2D eigenvalue weighted by molar-refractivity contribution is 6.67. The maximum Gasteiger partial charge on any atom is 0.387 e. The van der Waals surface area contributed by atoms with Gasteiger partial charge < -0.3 is 4.74 Å². The Bertz CT molecular complexity index is 446. The van der Waals surface area contributed by atoms with Crippen molar-refractivity contribution in [1.82, 2.24) is 0 Å². The number of ether oxygens (including phenoxy) is 1. The number of benzene rings is 1. The summed E-state index contributed by atoms with van der Waals surface area (Å²) in [5, 5.41) is -0.838. The number of hydrogen-bond donors (Lipinski definition) is 0. The molecule has 0 aromatic heterocycles. The van der Waals surface area contributed by atoms with Gasteiger partial charge in [-0.15, -0.1) is 0 Å². The first-order valence-corrected chi connectivity index (χ1v) is 5.14. The summed E-state index contributed by atoms with van der Waals surface area (Å²) in [5.74, 6) is -0.549. The summed E-state index contributed by atoms with van der Waals surface area (Å²) >= 11 is 5.24. The second-order valence-electron chi connectivity index (χ2n) is 3.18. The average Bonchev–Trinajstić information content (AvgIpc) is 2.26. The molecule has 0 aliphatic rings. The molecular formula is C11H9ClF2O3. The molecule has 0 saturated carbocycles. The first kappa shape index (κ1) is 13.6. The van der Waals surface area contributed by atoms with E-state index in [1.54, 1.807) is 6.92 Å². The van der Waals surface area contributed by atoms with Crippen LogP contribution in [0.3, 0.4) is 0 Å². The summed E-state index contributed by atoms with van der Waals surface area (Å²) < 4.78 is 28.2. The van der Waals surface area contributed by atoms with E-state index in [0.29, 0.717) is 0 Å². The van der Waals surface area contributed by atoms with Gasteiger partial charge in [-0.3, -0.25) is 9.59 Å². The number of alkyl halides is 2. The predicted octanol–water partition coefficient (Wildman–Crippen LogP) is 3.26. The lowest BCUT2D eigenvalue weighted by atomic mass is 10.1. The van der Waals surface area contributed by atoms with E-state index in [2.05, 4.69) is 4.74 Å². The van der Waals surface area contributed by atoms with Crippen molar-refractivity contribution in [3.05, 3.63) is 29.3 Å². The maximum absolute atomic E-state index is 12.0. The van der Waals surface area contributed by atoms with Crippen molar-refractivity contribution in [2.45, 2.75) is 20.0 Å². The Kier molecular flexibility index (Phi) is 4.57. The van der Waals surface area contributed by atoms with Gasteiger partial charge in [0, 0.05) is 17.5 Å². The van der Waals surface area contributed by atoms with Crippen molar-refractivity contribution < 1.29 is 23.1 Å². The van der Waals surface area contributed by atoms with Crippen LogP contribution in [0.4, 0.5) is 8.78 Å². The topological polar surface area (TPSA) is 43.4 Å². The van der Waals surface area contributed by atoms with E-state index in [-0.39, 0.29) is 29.1 Å². The molecule has 92 valence electrons. The molecule has 0 atom stereocenters. The molecule has 0 bridgehead atoms. The summed E-state index contributed by atoms with van der Waals surface area (Å²) in [6.07, 6.45) is 0.189. The van der Waals surface area contributed by atoms with Gasteiger partial charge in [0.25, 0.3) is 5.24 Å². The van der Waals surface area contributed by atoms with Gasteiger partial charge in [-0.05, 0) is 29.8 Å². The van der Waals surface area contributed by atoms with Crippen LogP contribution < -0.4 is 4.74 Å². The van der Waals surface area contributed by atoms with Crippen molar-refractivity contribution in [2.75, 3.05) is 0 Å². The SMILES string of the molecule is CCC(=O)c1cc(OC(F)F)cc(C(=O)Cl)c1. The minimum Gasteiger partial charge on any atom is -0.435 e. The molecule has 6 heteroatoms. The van der Waals surface area contributed by atoms with Crippen LogP contribution in [0, 0.1) is 0 Å². The van der Waals surface area contributed by atoms with Crippen molar-refractivity contribution in [2.24, 2.45) is 0 Å². The molecule has 0 N–H and O–H groups in total. The molecule has 0 saturated heterocycles. The molecule has 0 fully saturated rings. The minimum absolute atomic E-state index is 0.0541. The first-order chi connectivity index (χ1) is 7.93. The molecule has 0 radical (unpaired) electrons. The molecule has 0 aliphatic heterocycles. The van der Waals surface area contributed by atoms with Crippen molar-refractivity contribution >= 4 is 22.6 Å². The standard InChI is InChI=1S/C11H9ClF2O3/c1-2-9(15)6-3-7(10(12)16)5-8(4-6)17-11(13)14/h3-5,11H,2H2,1H3. The lowest BCUT2D eigenvalue weighted by molar-refractivity contribution is -0.0499. The van der Waals surface area contributed by atoms with Crippen LogP contribution in [0.5, 0.6) is 5.75 Å². The molecular weight excluding hydrogens is 254 g/mol. The van der Waals surface area contributed by atoms with Gasteiger partial charge in [0.05, 0.1) is 0 Å². The van der Waals surface area contributed by atoms with Crippen LogP contribution in [-0.2, 0) is 0 Å². The predicted molar refractivity (Wildman–Crippen MR) is 57.9 cm³/mol. The van der Waals surface area contributed by atoms with E-state index >= 15 is 0 Å². The van der Waals surface area contributed by atoms with Gasteiger partial charge in [-0.2, -0.15) is 8.78 Å². The first-order valence-electron chi connectivity index (χ1n) is 4.77. The van der Waals surface area contributed by atoms with E-state index in [4.69, 9.17) is 11.6 Å². The van der Waals surface area contributed by atoms with Crippen LogP contribution in [0.1, 0.15) is 34.1 Å². The fourth-order valence-electron chi connectivity index (χ4n) is 1.25. The summed E-state index contributed by atoms with van der Waals surface area (Å²) in [5.41, 5.74) is 0.0660. The molecule has 1 aromatic carbocycles. The molecule has 17 heavy (non-hydrogen) atoms. The average molecular weight is 263 g/mol. The van der Waals surface area contributed by atoms with Crippen LogP contribution in [-0.4, -0.2) is 17.6 Å². The monoisotopic (exact) mass is 262 g/mol. The van der Waals surface area contributed by atoms with Crippen molar-refractivity contribution in [3.8, 4) is 5.75 Å². The molecule has 0 amide bonds. The molecule has 1 aromatic rings. The van der Waals surface area contributed by atoms with Crippen LogP contribution in [0.2, 0.25) is 0 Å². The summed E-state index contributed by atoms with van der Waals surface area (Å²) in [6.45, 7) is -1.41. The van der Waals surface area contributed by atoms with Crippen LogP contribution in [0.15, 0.2) is 18.2 Å². The van der Waals surface area contributed by atoms with E-state index < -0.39 is 11.9 Å². The molecule has 0 heterocycles. The van der Waals surface area contributed by atoms with E-state index in [1.165, 1.54) is 6.07 Å². The third-order valence-electron chi connectivity index (χ3n) is 2.00. The largest absolute Gasteiger partial charge is 0.435 e. The Balaban J connectivity index is 3.18. The number of carbonyl (C=O) groups excluding carboxylic acids is 2. The lowest BCUT2D eigenvalue weighted by Crippen LogP contribution is -2.06. The van der Waals surface area contributed by atoms with Gasteiger partial charge in [-0.1, -0.05) is 6.92 Å². The Labute approximate surface area is 101 Å². The van der Waals surface area contributed by atoms with Gasteiger partial charge >= 0.3 is 6.61 Å². The van der Waals surface area contributed by atoms with Gasteiger partial charge in [-0.25, -0.2) is 0 Å². The highest BCUT2D eigenvalue weighted by atomic mass is 35.5. The highest BCUT2D eigenvalue weighted by Crippen LogP contribution is 2.21. The third-order valence-corrected chi connectivity index (χ3v) is 2.22. The lowest BCUT2D eigenvalue weighted by Gasteiger charge is -2.07. The summed E-state index contributed by atoms with van der Waals surface area (Å²) in [4.78, 5) is 22.4. The Hall–Kier alpha value is -1.49. The summed E-state index contributed by atoms with van der Waals surface area (Å²) in [6, 6.07) is 3.47. The molecule has 0 unspecified atom stereocenters. The van der Waals surface area contributed by atoms with Gasteiger partial charge in [0.2, 0.25) is 0 Å². The van der Waals surface area contributed by atoms with Crippen molar-refractivity contribution in [3.63, 3.8) is 0 Å². The third kappa shape index (κ3) is 3.78. The zero-order valence-electron chi connectivity index (χ0n) is 8.88. The zero-order valence-corrected chi connectivity index (χ0v) is 9.63. The zero-order chi connectivity index (χ0) is 13.0. The van der Waals surface area contributed by atoms with Gasteiger partial charge in [0.1, 0.15) is 5.75 Å². The number of rotatable bonds is 5. The number of ketones is 1. The molecule has 3 nitrogen and oxygen atoms in total. The number of hydrogen-bond acceptors (Lipinski definition) is 3. The smallest absolute Gasteiger partial charge is 0.387 e. The second-order valence-corrected chi connectivity index (χ2v) is 3.52. The van der Waals surface area contributed by atoms with Crippen LogP contribution in [0.25, 0.3) is 0 Å². The van der Waals surface area contributed by atoms with Gasteiger partial charge in [0.15, 0.2) is 5.78 Å².